The highest BCUT2D eigenvalue weighted by atomic mass is 79.9. The van der Waals surface area contributed by atoms with Gasteiger partial charge in [0.25, 0.3) is 23.6 Å². The van der Waals surface area contributed by atoms with Crippen molar-refractivity contribution in [2.75, 3.05) is 9.80 Å². The minimum absolute atomic E-state index is 0.403. The molecule has 0 saturated carbocycles. The second kappa shape index (κ2) is 9.20. The molecule has 0 radical (unpaired) electrons. The zero-order valence-electron chi connectivity index (χ0n) is 23.0. The molecule has 0 atom stereocenters. The van der Waals surface area contributed by atoms with Gasteiger partial charge in [0.05, 0.1) is 11.4 Å². The third-order valence-electron chi connectivity index (χ3n) is 8.79. The number of carbonyl (C=O) groups excluding carboxylic acids is 4. The van der Waals surface area contributed by atoms with Crippen LogP contribution in [0.2, 0.25) is 0 Å². The smallest absolute Gasteiger partial charge is 0.265 e. The molecular formula is C36H17Br2N3O4. The molecule has 0 unspecified atom stereocenters. The van der Waals surface area contributed by atoms with E-state index in [2.05, 4.69) is 36.8 Å². The SMILES string of the molecule is O=C1c2cccc3c(Br)ccc(c23)C(=O)N1c1ccc2[nH]c3ccc(N4C(=O)c5cccc6c(Br)ccc(c56)C4=O)cc3c2c1. The largest absolute Gasteiger partial charge is 0.355 e. The number of fused-ring (bicyclic) bond motifs is 3. The van der Waals surface area contributed by atoms with Gasteiger partial charge in [0.1, 0.15) is 0 Å². The topological polar surface area (TPSA) is 90.6 Å². The Morgan fingerprint density at radius 3 is 1.27 bits per heavy atom. The Morgan fingerprint density at radius 1 is 0.444 bits per heavy atom. The Labute approximate surface area is 271 Å². The number of nitrogens with one attached hydrogen (secondary N) is 1. The first-order chi connectivity index (χ1) is 21.8. The molecule has 0 spiro atoms. The number of nitrogens with zero attached hydrogens (tertiary/aromatic N) is 2. The highest BCUT2D eigenvalue weighted by Gasteiger charge is 2.36. The highest BCUT2D eigenvalue weighted by Crippen LogP contribution is 2.40. The Bertz CT molecular complexity index is 2350. The van der Waals surface area contributed by atoms with Crippen molar-refractivity contribution in [3.05, 3.63) is 128 Å². The van der Waals surface area contributed by atoms with Crippen molar-refractivity contribution in [2.45, 2.75) is 0 Å². The quantitative estimate of drug-likeness (QED) is 0.181. The molecule has 2 aliphatic heterocycles. The molecule has 45 heavy (non-hydrogen) atoms. The van der Waals surface area contributed by atoms with Crippen molar-refractivity contribution in [3.8, 4) is 0 Å². The standard InChI is InChI=1S/C36H17Br2N3O4/c37-27-11-9-23-31-19(27)3-1-5-21(31)33(42)40(35(23)44)17-7-13-29-25(15-17)26-16-18(8-14-30(26)39-29)41-34(43)22-6-2-4-20-28(38)12-10-24(32(20)22)36(41)45/h1-16,39H. The molecular weight excluding hydrogens is 698 g/mol. The summed E-state index contributed by atoms with van der Waals surface area (Å²) in [6, 6.07) is 28.7. The molecule has 3 heterocycles. The van der Waals surface area contributed by atoms with Crippen LogP contribution in [0.3, 0.4) is 0 Å². The molecule has 7 aromatic rings. The fourth-order valence-electron chi connectivity index (χ4n) is 6.74. The van der Waals surface area contributed by atoms with Crippen molar-refractivity contribution in [2.24, 2.45) is 0 Å². The van der Waals surface area contributed by atoms with Gasteiger partial charge < -0.3 is 4.98 Å². The minimum Gasteiger partial charge on any atom is -0.355 e. The summed E-state index contributed by atoms with van der Waals surface area (Å²) in [7, 11) is 0. The summed E-state index contributed by atoms with van der Waals surface area (Å²) in [5.74, 6) is -1.61. The number of halogens is 2. The van der Waals surface area contributed by atoms with Crippen molar-refractivity contribution in [1.29, 1.82) is 0 Å². The van der Waals surface area contributed by atoms with Gasteiger partial charge in [-0.05, 0) is 83.6 Å². The van der Waals surface area contributed by atoms with Gasteiger partial charge in [-0.1, -0.05) is 56.1 Å². The molecule has 1 N–H and O–H groups in total. The highest BCUT2D eigenvalue weighted by molar-refractivity contribution is 9.11. The van der Waals surface area contributed by atoms with Crippen LogP contribution in [-0.2, 0) is 0 Å². The first-order valence-electron chi connectivity index (χ1n) is 14.1. The number of rotatable bonds is 2. The third-order valence-corrected chi connectivity index (χ3v) is 10.2. The lowest BCUT2D eigenvalue weighted by Crippen LogP contribution is -2.40. The zero-order chi connectivity index (χ0) is 30.7. The van der Waals surface area contributed by atoms with Gasteiger partial charge in [0, 0.05) is 63.8 Å². The second-order valence-corrected chi connectivity index (χ2v) is 12.8. The molecule has 0 fully saturated rings. The van der Waals surface area contributed by atoms with Gasteiger partial charge in [-0.3, -0.25) is 19.2 Å². The molecule has 4 amide bonds. The van der Waals surface area contributed by atoms with Gasteiger partial charge >= 0.3 is 0 Å². The van der Waals surface area contributed by atoms with Crippen LogP contribution in [0.1, 0.15) is 41.4 Å². The number of aromatic nitrogens is 1. The van der Waals surface area contributed by atoms with Crippen LogP contribution >= 0.6 is 31.9 Å². The lowest BCUT2D eigenvalue weighted by Gasteiger charge is -2.28. The predicted molar refractivity (Wildman–Crippen MR) is 181 cm³/mol. The Morgan fingerprint density at radius 2 is 0.844 bits per heavy atom. The van der Waals surface area contributed by atoms with E-state index in [1.807, 2.05) is 48.5 Å². The Kier molecular flexibility index (Phi) is 5.38. The number of aromatic amines is 1. The summed E-state index contributed by atoms with van der Waals surface area (Å²) in [5, 5.41) is 4.37. The van der Waals surface area contributed by atoms with Crippen LogP contribution in [-0.4, -0.2) is 28.6 Å². The van der Waals surface area contributed by atoms with Crippen molar-refractivity contribution < 1.29 is 19.2 Å². The van der Waals surface area contributed by atoms with Crippen molar-refractivity contribution in [3.63, 3.8) is 0 Å². The van der Waals surface area contributed by atoms with Crippen LogP contribution in [0, 0.1) is 0 Å². The molecule has 0 aliphatic carbocycles. The van der Waals surface area contributed by atoms with E-state index in [4.69, 9.17) is 0 Å². The maximum atomic E-state index is 13.8. The number of anilines is 2. The summed E-state index contributed by atoms with van der Waals surface area (Å²) in [4.78, 5) is 61.0. The van der Waals surface area contributed by atoms with E-state index in [9.17, 15) is 19.2 Å². The lowest BCUT2D eigenvalue weighted by atomic mass is 9.93. The van der Waals surface area contributed by atoms with Crippen LogP contribution in [0.5, 0.6) is 0 Å². The molecule has 9 rings (SSSR count). The number of carbonyl (C=O) groups is 4. The van der Waals surface area contributed by atoms with Crippen molar-refractivity contribution >= 4 is 110 Å². The monoisotopic (exact) mass is 713 g/mol. The van der Waals surface area contributed by atoms with E-state index < -0.39 is 23.6 Å². The number of hydrogen-bond donors (Lipinski definition) is 1. The van der Waals surface area contributed by atoms with Gasteiger partial charge in [0.15, 0.2) is 0 Å². The van der Waals surface area contributed by atoms with Gasteiger partial charge in [-0.25, -0.2) is 9.80 Å². The van der Waals surface area contributed by atoms with E-state index in [0.29, 0.717) is 44.4 Å². The number of amides is 4. The third kappa shape index (κ3) is 3.50. The molecule has 6 aromatic carbocycles. The van der Waals surface area contributed by atoms with E-state index in [-0.39, 0.29) is 0 Å². The molecule has 1 aromatic heterocycles. The van der Waals surface area contributed by atoms with E-state index in [1.165, 1.54) is 9.80 Å². The first kappa shape index (κ1) is 26.3. The first-order valence-corrected chi connectivity index (χ1v) is 15.7. The minimum atomic E-state index is -0.403. The zero-order valence-corrected chi connectivity index (χ0v) is 26.2. The van der Waals surface area contributed by atoms with Crippen LogP contribution in [0.15, 0.2) is 106 Å². The van der Waals surface area contributed by atoms with Crippen LogP contribution in [0.25, 0.3) is 43.4 Å². The summed E-state index contributed by atoms with van der Waals surface area (Å²) in [5.41, 5.74) is 4.22. The summed E-state index contributed by atoms with van der Waals surface area (Å²) < 4.78 is 1.62. The Hall–Kier alpha value is -5.12. The van der Waals surface area contributed by atoms with E-state index in [1.54, 1.807) is 48.5 Å². The van der Waals surface area contributed by atoms with Crippen molar-refractivity contribution in [1.82, 2.24) is 4.98 Å². The van der Waals surface area contributed by atoms with Gasteiger partial charge in [-0.2, -0.15) is 0 Å². The van der Waals surface area contributed by atoms with Crippen LogP contribution < -0.4 is 9.80 Å². The van der Waals surface area contributed by atoms with E-state index in [0.717, 1.165) is 41.5 Å². The average Bonchev–Trinajstić information content (AvgIpc) is 3.41. The molecule has 2 aliphatic rings. The predicted octanol–water partition coefficient (Wildman–Crippen LogP) is 8.75. The van der Waals surface area contributed by atoms with E-state index >= 15 is 0 Å². The van der Waals surface area contributed by atoms with Gasteiger partial charge in [-0.15, -0.1) is 0 Å². The fraction of sp³-hybridized carbons (Fsp3) is 0. The summed E-state index contributed by atoms with van der Waals surface area (Å²) in [6.45, 7) is 0. The number of benzene rings is 6. The maximum absolute atomic E-state index is 13.8. The molecule has 9 heteroatoms. The molecule has 7 nitrogen and oxygen atoms in total. The summed E-state index contributed by atoms with van der Waals surface area (Å²) >= 11 is 7.07. The number of H-pyrrole nitrogens is 1. The van der Waals surface area contributed by atoms with Gasteiger partial charge in [0.2, 0.25) is 0 Å². The molecule has 214 valence electrons. The van der Waals surface area contributed by atoms with Crippen LogP contribution in [0.4, 0.5) is 11.4 Å². The molecule has 0 saturated heterocycles. The normalized spacial score (nSPS) is 14.5. The number of imide groups is 2. The molecule has 0 bridgehead atoms. The number of hydrogen-bond acceptors (Lipinski definition) is 4. The maximum Gasteiger partial charge on any atom is 0.265 e. The summed E-state index contributed by atoms with van der Waals surface area (Å²) in [6.07, 6.45) is 0. The average molecular weight is 715 g/mol. The Balaban J connectivity index is 1.18. The second-order valence-electron chi connectivity index (χ2n) is 11.1. The lowest BCUT2D eigenvalue weighted by molar-refractivity contribution is 0.0877. The fourth-order valence-corrected chi connectivity index (χ4v) is 7.67.